The first-order valence-corrected chi connectivity index (χ1v) is 8.32. The summed E-state index contributed by atoms with van der Waals surface area (Å²) in [4.78, 5) is 17.7. The normalized spacial score (nSPS) is 14.7. The van der Waals surface area contributed by atoms with Crippen molar-refractivity contribution in [3.05, 3.63) is 53.3 Å². The Balaban J connectivity index is 1.70. The molecule has 2 aromatic heterocycles. The fourth-order valence-corrected chi connectivity index (χ4v) is 3.14. The molecule has 0 bridgehead atoms. The lowest BCUT2D eigenvalue weighted by Gasteiger charge is -2.34. The Bertz CT molecular complexity index is 1010. The first-order valence-electron chi connectivity index (χ1n) is 7.94. The van der Waals surface area contributed by atoms with Crippen LogP contribution in [0.3, 0.4) is 0 Å². The largest absolute Gasteiger partial charge is 0.335 e. The SMILES string of the molecule is O=C(Cn1cc(F)c2ncc(-c3ccc(F)c(Cl)c3)cc21)N1CC(F)C1. The quantitative estimate of drug-likeness (QED) is 0.694. The van der Waals surface area contributed by atoms with Gasteiger partial charge < -0.3 is 9.47 Å². The van der Waals surface area contributed by atoms with Crippen LogP contribution in [0.15, 0.2) is 36.7 Å². The van der Waals surface area contributed by atoms with E-state index in [4.69, 9.17) is 11.6 Å². The van der Waals surface area contributed by atoms with E-state index >= 15 is 0 Å². The number of fused-ring (bicyclic) bond motifs is 1. The van der Waals surface area contributed by atoms with Crippen LogP contribution in [-0.4, -0.2) is 39.6 Å². The van der Waals surface area contributed by atoms with Gasteiger partial charge in [0.15, 0.2) is 5.82 Å². The Morgan fingerprint density at radius 2 is 1.96 bits per heavy atom. The van der Waals surface area contributed by atoms with Gasteiger partial charge in [-0.25, -0.2) is 13.2 Å². The molecule has 1 aromatic carbocycles. The van der Waals surface area contributed by atoms with E-state index in [2.05, 4.69) is 4.98 Å². The second kappa shape index (κ2) is 6.32. The highest BCUT2D eigenvalue weighted by atomic mass is 35.5. The number of halogens is 4. The summed E-state index contributed by atoms with van der Waals surface area (Å²) >= 11 is 5.81. The van der Waals surface area contributed by atoms with Crippen LogP contribution in [0, 0.1) is 11.6 Å². The minimum atomic E-state index is -0.992. The highest BCUT2D eigenvalue weighted by Gasteiger charge is 2.30. The van der Waals surface area contributed by atoms with Crippen molar-refractivity contribution in [1.29, 1.82) is 0 Å². The Morgan fingerprint density at radius 1 is 1.19 bits per heavy atom. The van der Waals surface area contributed by atoms with Gasteiger partial charge in [0.05, 0.1) is 23.6 Å². The molecule has 26 heavy (non-hydrogen) atoms. The van der Waals surface area contributed by atoms with Gasteiger partial charge in [0.1, 0.15) is 24.1 Å². The van der Waals surface area contributed by atoms with Gasteiger partial charge in [-0.3, -0.25) is 9.78 Å². The maximum Gasteiger partial charge on any atom is 0.242 e. The second-order valence-corrected chi connectivity index (χ2v) is 6.63. The van der Waals surface area contributed by atoms with Crippen LogP contribution >= 0.6 is 11.6 Å². The minimum absolute atomic E-state index is 0.0297. The molecular formula is C18H13ClF3N3O. The van der Waals surface area contributed by atoms with E-state index in [0.717, 1.165) is 0 Å². The summed E-state index contributed by atoms with van der Waals surface area (Å²) in [6.45, 7) is 0.0264. The van der Waals surface area contributed by atoms with Gasteiger partial charge in [0.2, 0.25) is 5.91 Å². The third-order valence-electron chi connectivity index (χ3n) is 4.42. The molecule has 1 amide bonds. The molecule has 4 rings (SSSR count). The lowest BCUT2D eigenvalue weighted by atomic mass is 10.1. The van der Waals surface area contributed by atoms with Crippen molar-refractivity contribution in [2.24, 2.45) is 0 Å². The van der Waals surface area contributed by atoms with Crippen LogP contribution in [0.25, 0.3) is 22.2 Å². The van der Waals surface area contributed by atoms with Gasteiger partial charge in [-0.05, 0) is 23.8 Å². The summed E-state index contributed by atoms with van der Waals surface area (Å²) < 4.78 is 41.8. The van der Waals surface area contributed by atoms with Crippen LogP contribution < -0.4 is 0 Å². The molecule has 3 heterocycles. The summed E-state index contributed by atoms with van der Waals surface area (Å²) in [6.07, 6.45) is 1.67. The Hall–Kier alpha value is -2.54. The van der Waals surface area contributed by atoms with Gasteiger partial charge in [0, 0.05) is 18.0 Å². The van der Waals surface area contributed by atoms with E-state index < -0.39 is 17.8 Å². The van der Waals surface area contributed by atoms with E-state index in [9.17, 15) is 18.0 Å². The van der Waals surface area contributed by atoms with Crippen LogP contribution in [0.1, 0.15) is 0 Å². The highest BCUT2D eigenvalue weighted by Crippen LogP contribution is 2.28. The van der Waals surface area contributed by atoms with Crippen molar-refractivity contribution in [1.82, 2.24) is 14.5 Å². The summed E-state index contributed by atoms with van der Waals surface area (Å²) in [5.74, 6) is -1.38. The van der Waals surface area contributed by atoms with Gasteiger partial charge in [-0.15, -0.1) is 0 Å². The third-order valence-corrected chi connectivity index (χ3v) is 4.71. The molecule has 0 atom stereocenters. The Labute approximate surface area is 151 Å². The molecule has 0 N–H and O–H groups in total. The van der Waals surface area contributed by atoms with E-state index in [-0.39, 0.29) is 36.1 Å². The maximum absolute atomic E-state index is 14.1. The lowest BCUT2D eigenvalue weighted by Crippen LogP contribution is -2.52. The molecule has 0 radical (unpaired) electrons. The van der Waals surface area contributed by atoms with Crippen molar-refractivity contribution in [2.75, 3.05) is 13.1 Å². The zero-order chi connectivity index (χ0) is 18.4. The van der Waals surface area contributed by atoms with E-state index in [1.807, 2.05) is 0 Å². The van der Waals surface area contributed by atoms with Gasteiger partial charge in [0.25, 0.3) is 0 Å². The van der Waals surface area contributed by atoms with E-state index in [1.54, 1.807) is 12.1 Å². The average molecular weight is 380 g/mol. The third kappa shape index (κ3) is 2.92. The van der Waals surface area contributed by atoms with Crippen LogP contribution in [0.5, 0.6) is 0 Å². The first kappa shape index (κ1) is 16.9. The first-order chi connectivity index (χ1) is 12.4. The molecule has 1 fully saturated rings. The number of hydrogen-bond donors (Lipinski definition) is 0. The topological polar surface area (TPSA) is 38.1 Å². The predicted molar refractivity (Wildman–Crippen MR) is 91.6 cm³/mol. The molecule has 0 spiro atoms. The van der Waals surface area contributed by atoms with E-state index in [1.165, 1.54) is 34.0 Å². The molecule has 1 saturated heterocycles. The highest BCUT2D eigenvalue weighted by molar-refractivity contribution is 6.31. The number of carbonyl (C=O) groups is 1. The number of nitrogens with zero attached hydrogens (tertiary/aromatic N) is 3. The zero-order valence-corrected chi connectivity index (χ0v) is 14.2. The Morgan fingerprint density at radius 3 is 2.65 bits per heavy atom. The van der Waals surface area contributed by atoms with Crippen LogP contribution in [0.2, 0.25) is 5.02 Å². The van der Waals surface area contributed by atoms with Gasteiger partial charge >= 0.3 is 0 Å². The van der Waals surface area contributed by atoms with E-state index in [0.29, 0.717) is 16.6 Å². The summed E-state index contributed by atoms with van der Waals surface area (Å²) in [5, 5.41) is -0.0297. The Kier molecular flexibility index (Phi) is 4.11. The van der Waals surface area contributed by atoms with Crippen molar-refractivity contribution < 1.29 is 18.0 Å². The number of benzene rings is 1. The molecule has 1 aliphatic heterocycles. The second-order valence-electron chi connectivity index (χ2n) is 6.22. The number of amides is 1. The average Bonchev–Trinajstić information content (AvgIpc) is 2.89. The van der Waals surface area contributed by atoms with Crippen molar-refractivity contribution in [3.8, 4) is 11.1 Å². The van der Waals surface area contributed by atoms with Crippen molar-refractivity contribution in [2.45, 2.75) is 12.7 Å². The smallest absolute Gasteiger partial charge is 0.242 e. The summed E-state index contributed by atoms with van der Waals surface area (Å²) in [7, 11) is 0. The standard InChI is InChI=1S/C18H13ClF3N3O/c19-13-3-10(1-2-14(13)21)11-4-16-18(23-5-11)15(22)8-24(16)9-17(26)25-6-12(20)7-25/h1-5,8,12H,6-7,9H2. The molecule has 134 valence electrons. The van der Waals surface area contributed by atoms with Crippen molar-refractivity contribution >= 4 is 28.5 Å². The molecule has 8 heteroatoms. The maximum atomic E-state index is 14.1. The fraction of sp³-hybridized carbons (Fsp3) is 0.222. The van der Waals surface area contributed by atoms with Crippen LogP contribution in [0.4, 0.5) is 13.2 Å². The monoisotopic (exact) mass is 379 g/mol. The number of hydrogen-bond acceptors (Lipinski definition) is 2. The molecule has 1 aliphatic rings. The zero-order valence-electron chi connectivity index (χ0n) is 13.4. The number of alkyl halides is 1. The molecule has 3 aromatic rings. The summed E-state index contributed by atoms with van der Waals surface area (Å²) in [5.41, 5.74) is 1.78. The summed E-state index contributed by atoms with van der Waals surface area (Å²) in [6, 6.07) is 5.90. The predicted octanol–water partition coefficient (Wildman–Crippen LogP) is 3.82. The van der Waals surface area contributed by atoms with Crippen LogP contribution in [-0.2, 0) is 11.3 Å². The number of rotatable bonds is 3. The number of likely N-dealkylation sites (tertiary alicyclic amines) is 1. The lowest BCUT2D eigenvalue weighted by molar-refractivity contribution is -0.138. The van der Waals surface area contributed by atoms with Gasteiger partial charge in [-0.1, -0.05) is 17.7 Å². The molecule has 4 nitrogen and oxygen atoms in total. The van der Waals surface area contributed by atoms with Crippen molar-refractivity contribution in [3.63, 3.8) is 0 Å². The number of aromatic nitrogens is 2. The molecule has 0 unspecified atom stereocenters. The molecule has 0 aliphatic carbocycles. The fourth-order valence-electron chi connectivity index (χ4n) is 2.96. The number of carbonyl (C=O) groups excluding carboxylic acids is 1. The minimum Gasteiger partial charge on any atom is -0.335 e. The van der Waals surface area contributed by atoms with Gasteiger partial charge in [-0.2, -0.15) is 0 Å². The molecule has 0 saturated carbocycles. The molecular weight excluding hydrogens is 367 g/mol. The number of pyridine rings is 1.